The van der Waals surface area contributed by atoms with Crippen LogP contribution in [0.5, 0.6) is 0 Å². The number of carboxylic acid groups (broad SMARTS) is 1. The smallest absolute Gasteiger partial charge is 0.321 e. The zero-order valence-electron chi connectivity index (χ0n) is 11.9. The van der Waals surface area contributed by atoms with Crippen molar-refractivity contribution in [3.8, 4) is 0 Å². The number of benzene rings is 1. The van der Waals surface area contributed by atoms with Crippen molar-refractivity contribution in [1.29, 1.82) is 0 Å². The molecule has 7 nitrogen and oxygen atoms in total. The van der Waals surface area contributed by atoms with Gasteiger partial charge < -0.3 is 15.7 Å². The standard InChI is InChI=1S/C14H16FN3O4/c1-8(6-12(19)20)17-13(21)10-7-9(2-3-11(10)15)18-5-4-16-14(18)22/h2-3,7-8H,4-6H2,1H3,(H,16,22)(H,17,21)(H,19,20). The number of nitrogens with zero attached hydrogens (tertiary/aromatic N) is 1. The van der Waals surface area contributed by atoms with Gasteiger partial charge in [-0.3, -0.25) is 14.5 Å². The molecule has 1 saturated heterocycles. The second-order valence-corrected chi connectivity index (χ2v) is 5.02. The molecule has 0 aromatic heterocycles. The van der Waals surface area contributed by atoms with Crippen LogP contribution in [0.15, 0.2) is 18.2 Å². The Labute approximate surface area is 126 Å². The number of hydrogen-bond acceptors (Lipinski definition) is 3. The number of aliphatic carboxylic acids is 1. The van der Waals surface area contributed by atoms with Gasteiger partial charge in [0.15, 0.2) is 0 Å². The Balaban J connectivity index is 2.17. The summed E-state index contributed by atoms with van der Waals surface area (Å²) >= 11 is 0. The number of carbonyl (C=O) groups excluding carboxylic acids is 2. The molecule has 22 heavy (non-hydrogen) atoms. The second-order valence-electron chi connectivity index (χ2n) is 5.02. The fourth-order valence-corrected chi connectivity index (χ4v) is 2.19. The van der Waals surface area contributed by atoms with E-state index in [1.54, 1.807) is 0 Å². The summed E-state index contributed by atoms with van der Waals surface area (Å²) in [5.74, 6) is -2.51. The number of amides is 3. The van der Waals surface area contributed by atoms with E-state index in [4.69, 9.17) is 5.11 Å². The SMILES string of the molecule is CC(CC(=O)O)NC(=O)c1cc(N2CCNC2=O)ccc1F. The Morgan fingerprint density at radius 3 is 2.82 bits per heavy atom. The number of carboxylic acids is 1. The van der Waals surface area contributed by atoms with Gasteiger partial charge in [-0.1, -0.05) is 0 Å². The quantitative estimate of drug-likeness (QED) is 0.754. The first-order chi connectivity index (χ1) is 10.4. The number of hydrogen-bond donors (Lipinski definition) is 3. The van der Waals surface area contributed by atoms with E-state index in [9.17, 15) is 18.8 Å². The van der Waals surface area contributed by atoms with Crippen LogP contribution >= 0.6 is 0 Å². The Kier molecular flexibility index (Phi) is 4.59. The van der Waals surface area contributed by atoms with Gasteiger partial charge in [0.05, 0.1) is 12.0 Å². The third-order valence-electron chi connectivity index (χ3n) is 3.22. The highest BCUT2D eigenvalue weighted by Gasteiger charge is 2.23. The summed E-state index contributed by atoms with van der Waals surface area (Å²) in [5, 5.41) is 13.7. The minimum absolute atomic E-state index is 0.227. The molecule has 1 aromatic rings. The maximum Gasteiger partial charge on any atom is 0.321 e. The van der Waals surface area contributed by atoms with E-state index in [0.29, 0.717) is 18.8 Å². The van der Waals surface area contributed by atoms with Crippen LogP contribution in [0.3, 0.4) is 0 Å². The molecule has 3 amide bonds. The highest BCUT2D eigenvalue weighted by molar-refractivity contribution is 5.98. The molecule has 0 saturated carbocycles. The van der Waals surface area contributed by atoms with Crippen molar-refractivity contribution >= 4 is 23.6 Å². The van der Waals surface area contributed by atoms with Crippen LogP contribution in [0.2, 0.25) is 0 Å². The molecule has 118 valence electrons. The number of carbonyl (C=O) groups is 3. The van der Waals surface area contributed by atoms with E-state index < -0.39 is 23.7 Å². The normalized spacial score (nSPS) is 15.4. The van der Waals surface area contributed by atoms with Gasteiger partial charge in [-0.15, -0.1) is 0 Å². The molecule has 1 aliphatic heterocycles. The molecule has 2 rings (SSSR count). The molecule has 0 bridgehead atoms. The third-order valence-corrected chi connectivity index (χ3v) is 3.22. The summed E-state index contributed by atoms with van der Waals surface area (Å²) in [6.45, 7) is 2.43. The summed E-state index contributed by atoms with van der Waals surface area (Å²) in [6.07, 6.45) is -0.262. The van der Waals surface area contributed by atoms with Crippen LogP contribution in [0.1, 0.15) is 23.7 Å². The van der Waals surface area contributed by atoms with Crippen LogP contribution in [0.4, 0.5) is 14.9 Å². The number of halogens is 1. The van der Waals surface area contributed by atoms with Crippen molar-refractivity contribution in [3.63, 3.8) is 0 Å². The molecule has 0 aliphatic carbocycles. The number of anilines is 1. The van der Waals surface area contributed by atoms with Gasteiger partial charge >= 0.3 is 12.0 Å². The van der Waals surface area contributed by atoms with Gasteiger partial charge in [0.25, 0.3) is 5.91 Å². The van der Waals surface area contributed by atoms with Crippen molar-refractivity contribution in [2.24, 2.45) is 0 Å². The molecule has 3 N–H and O–H groups in total. The molecular formula is C14H16FN3O4. The molecule has 0 radical (unpaired) electrons. The summed E-state index contributed by atoms with van der Waals surface area (Å²) in [5.41, 5.74) is 0.182. The molecule has 1 aromatic carbocycles. The highest BCUT2D eigenvalue weighted by atomic mass is 19.1. The molecule has 1 heterocycles. The Morgan fingerprint density at radius 2 is 2.23 bits per heavy atom. The zero-order valence-corrected chi connectivity index (χ0v) is 11.9. The summed E-state index contributed by atoms with van der Waals surface area (Å²) < 4.78 is 13.8. The van der Waals surface area contributed by atoms with Gasteiger partial charge in [-0.2, -0.15) is 0 Å². The van der Waals surface area contributed by atoms with E-state index in [1.807, 2.05) is 0 Å². The van der Waals surface area contributed by atoms with Gasteiger partial charge in [0, 0.05) is 24.8 Å². The van der Waals surface area contributed by atoms with Crippen molar-refractivity contribution in [2.75, 3.05) is 18.0 Å². The topological polar surface area (TPSA) is 98.7 Å². The molecule has 8 heteroatoms. The first kappa shape index (κ1) is 15.7. The highest BCUT2D eigenvalue weighted by Crippen LogP contribution is 2.20. The fourth-order valence-electron chi connectivity index (χ4n) is 2.19. The minimum atomic E-state index is -1.06. The predicted molar refractivity (Wildman–Crippen MR) is 76.3 cm³/mol. The molecule has 1 unspecified atom stereocenters. The van der Waals surface area contributed by atoms with Gasteiger partial charge in [0.1, 0.15) is 5.82 Å². The first-order valence-electron chi connectivity index (χ1n) is 6.76. The van der Waals surface area contributed by atoms with Crippen molar-refractivity contribution in [1.82, 2.24) is 10.6 Å². The number of rotatable bonds is 5. The molecular weight excluding hydrogens is 293 g/mol. The Bertz CT molecular complexity index is 620. The van der Waals surface area contributed by atoms with Crippen LogP contribution in [-0.4, -0.2) is 42.1 Å². The maximum atomic E-state index is 13.8. The third kappa shape index (κ3) is 3.51. The van der Waals surface area contributed by atoms with Crippen LogP contribution < -0.4 is 15.5 Å². The number of nitrogens with one attached hydrogen (secondary N) is 2. The largest absolute Gasteiger partial charge is 0.481 e. The van der Waals surface area contributed by atoms with E-state index in [1.165, 1.54) is 24.0 Å². The van der Waals surface area contributed by atoms with E-state index in [0.717, 1.165) is 6.07 Å². The predicted octanol–water partition coefficient (Wildman–Crippen LogP) is 0.948. The van der Waals surface area contributed by atoms with Crippen LogP contribution in [0.25, 0.3) is 0 Å². The lowest BCUT2D eigenvalue weighted by atomic mass is 10.1. The monoisotopic (exact) mass is 309 g/mol. The molecule has 0 spiro atoms. The lowest BCUT2D eigenvalue weighted by Gasteiger charge is -2.17. The number of urea groups is 1. The van der Waals surface area contributed by atoms with E-state index in [-0.39, 0.29) is 18.0 Å². The van der Waals surface area contributed by atoms with Crippen LogP contribution in [-0.2, 0) is 4.79 Å². The fraction of sp³-hybridized carbons (Fsp3) is 0.357. The van der Waals surface area contributed by atoms with Crippen molar-refractivity contribution in [2.45, 2.75) is 19.4 Å². The average Bonchev–Trinajstić information content (AvgIpc) is 2.84. The summed E-state index contributed by atoms with van der Waals surface area (Å²) in [7, 11) is 0. The summed E-state index contributed by atoms with van der Waals surface area (Å²) in [6, 6.07) is 2.86. The van der Waals surface area contributed by atoms with Crippen molar-refractivity contribution in [3.05, 3.63) is 29.6 Å². The van der Waals surface area contributed by atoms with Gasteiger partial charge in [-0.05, 0) is 25.1 Å². The van der Waals surface area contributed by atoms with Gasteiger partial charge in [-0.25, -0.2) is 9.18 Å². The van der Waals surface area contributed by atoms with E-state index in [2.05, 4.69) is 10.6 Å². The van der Waals surface area contributed by atoms with Gasteiger partial charge in [0.2, 0.25) is 0 Å². The minimum Gasteiger partial charge on any atom is -0.481 e. The Hall–Kier alpha value is -2.64. The molecule has 1 fully saturated rings. The lowest BCUT2D eigenvalue weighted by molar-refractivity contribution is -0.137. The average molecular weight is 309 g/mol. The molecule has 1 aliphatic rings. The van der Waals surface area contributed by atoms with Crippen molar-refractivity contribution < 1.29 is 23.9 Å². The maximum absolute atomic E-state index is 13.8. The van der Waals surface area contributed by atoms with Crippen LogP contribution in [0, 0.1) is 5.82 Å². The Morgan fingerprint density at radius 1 is 1.50 bits per heavy atom. The zero-order chi connectivity index (χ0) is 16.3. The second kappa shape index (κ2) is 6.42. The molecule has 1 atom stereocenters. The lowest BCUT2D eigenvalue weighted by Crippen LogP contribution is -2.35. The summed E-state index contributed by atoms with van der Waals surface area (Å²) in [4.78, 5) is 35.6. The first-order valence-corrected chi connectivity index (χ1v) is 6.76. The van der Waals surface area contributed by atoms with E-state index >= 15 is 0 Å².